The monoisotopic (exact) mass is 330 g/mol. The van der Waals surface area contributed by atoms with Crippen molar-refractivity contribution in [2.75, 3.05) is 0 Å². The van der Waals surface area contributed by atoms with Crippen LogP contribution in [-0.2, 0) is 0 Å². The predicted molar refractivity (Wildman–Crippen MR) is 96.3 cm³/mol. The molecule has 4 heteroatoms. The molecule has 2 saturated carbocycles. The fourth-order valence-corrected chi connectivity index (χ4v) is 5.17. The molecule has 4 rings (SSSR count). The van der Waals surface area contributed by atoms with Gasteiger partial charge in [0.1, 0.15) is 5.69 Å². The summed E-state index contributed by atoms with van der Waals surface area (Å²) in [6.07, 6.45) is 12.4. The summed E-state index contributed by atoms with van der Waals surface area (Å²) in [5, 5.41) is 5.48. The number of carbonyl (C=O) groups is 1. The van der Waals surface area contributed by atoms with Crippen LogP contribution >= 0.6 is 11.3 Å². The highest BCUT2D eigenvalue weighted by Crippen LogP contribution is 2.36. The molecule has 0 radical (unpaired) electrons. The standard InChI is InChI=1S/C19H26N2OS/c22-19(20-14-7-3-1-2-4-8-14)17-13-18-16(11-12-23-18)21(17)15-9-5-6-10-15/h11-15H,1-10H2,(H,20,22). The number of aromatic nitrogens is 1. The van der Waals surface area contributed by atoms with Gasteiger partial charge in [-0.3, -0.25) is 4.79 Å². The van der Waals surface area contributed by atoms with Crippen LogP contribution in [0.3, 0.4) is 0 Å². The Morgan fingerprint density at radius 3 is 2.48 bits per heavy atom. The van der Waals surface area contributed by atoms with Gasteiger partial charge < -0.3 is 9.88 Å². The van der Waals surface area contributed by atoms with E-state index in [1.807, 2.05) is 0 Å². The number of nitrogens with zero attached hydrogens (tertiary/aromatic N) is 1. The second-order valence-corrected chi connectivity index (χ2v) is 8.12. The third kappa shape index (κ3) is 3.06. The Labute approximate surface area is 142 Å². The Morgan fingerprint density at radius 1 is 1.04 bits per heavy atom. The summed E-state index contributed by atoms with van der Waals surface area (Å²) < 4.78 is 3.59. The first kappa shape index (κ1) is 15.3. The number of rotatable bonds is 3. The summed E-state index contributed by atoms with van der Waals surface area (Å²) in [5.74, 6) is 0.146. The van der Waals surface area contributed by atoms with E-state index in [9.17, 15) is 4.79 Å². The Morgan fingerprint density at radius 2 is 1.74 bits per heavy atom. The second kappa shape index (κ2) is 6.68. The predicted octanol–water partition coefficient (Wildman–Crippen LogP) is 5.27. The number of amides is 1. The molecule has 1 N–H and O–H groups in total. The summed E-state index contributed by atoms with van der Waals surface area (Å²) in [6, 6.07) is 5.18. The van der Waals surface area contributed by atoms with Gasteiger partial charge in [0.2, 0.25) is 0 Å². The molecule has 2 fully saturated rings. The van der Waals surface area contributed by atoms with Gasteiger partial charge in [0.05, 0.1) is 10.2 Å². The third-order valence-electron chi connectivity index (χ3n) is 5.57. The summed E-state index contributed by atoms with van der Waals surface area (Å²) in [7, 11) is 0. The maximum Gasteiger partial charge on any atom is 0.268 e. The van der Waals surface area contributed by atoms with Crippen molar-refractivity contribution in [3.63, 3.8) is 0 Å². The summed E-state index contributed by atoms with van der Waals surface area (Å²) in [4.78, 5) is 12.9. The number of nitrogens with one attached hydrogen (secondary N) is 1. The molecule has 3 nitrogen and oxygen atoms in total. The van der Waals surface area contributed by atoms with E-state index in [4.69, 9.17) is 0 Å². The van der Waals surface area contributed by atoms with Gasteiger partial charge in [0.15, 0.2) is 0 Å². The fourth-order valence-electron chi connectivity index (χ4n) is 4.36. The highest BCUT2D eigenvalue weighted by molar-refractivity contribution is 7.17. The van der Waals surface area contributed by atoms with Crippen molar-refractivity contribution in [2.24, 2.45) is 0 Å². The fraction of sp³-hybridized carbons (Fsp3) is 0.632. The van der Waals surface area contributed by atoms with E-state index in [-0.39, 0.29) is 5.91 Å². The molecule has 2 aliphatic rings. The minimum absolute atomic E-state index is 0.146. The zero-order valence-electron chi connectivity index (χ0n) is 13.7. The molecule has 2 aromatic rings. The Bertz CT molecular complexity index is 673. The first-order valence-electron chi connectivity index (χ1n) is 9.22. The topological polar surface area (TPSA) is 34.0 Å². The van der Waals surface area contributed by atoms with Crippen LogP contribution in [0.5, 0.6) is 0 Å². The van der Waals surface area contributed by atoms with E-state index in [0.717, 1.165) is 18.5 Å². The van der Waals surface area contributed by atoms with Crippen molar-refractivity contribution in [2.45, 2.75) is 76.3 Å². The van der Waals surface area contributed by atoms with Crippen LogP contribution < -0.4 is 5.32 Å². The SMILES string of the molecule is O=C(NC1CCCCCC1)c1cc2sccc2n1C1CCCC1. The van der Waals surface area contributed by atoms with Gasteiger partial charge in [-0.15, -0.1) is 11.3 Å². The molecular formula is C19H26N2OS. The maximum absolute atomic E-state index is 12.9. The first-order chi connectivity index (χ1) is 11.3. The van der Waals surface area contributed by atoms with Crippen molar-refractivity contribution >= 4 is 27.5 Å². The number of thiophene rings is 1. The van der Waals surface area contributed by atoms with Gasteiger partial charge in [0, 0.05) is 12.1 Å². The lowest BCUT2D eigenvalue weighted by Gasteiger charge is -2.20. The molecule has 1 amide bonds. The molecule has 0 bridgehead atoms. The lowest BCUT2D eigenvalue weighted by molar-refractivity contribution is 0.0922. The summed E-state index contributed by atoms with van der Waals surface area (Å²) in [5.41, 5.74) is 2.15. The van der Waals surface area contributed by atoms with E-state index in [0.29, 0.717) is 12.1 Å². The van der Waals surface area contributed by atoms with E-state index in [1.165, 1.54) is 61.6 Å². The van der Waals surface area contributed by atoms with Crippen molar-refractivity contribution in [3.05, 3.63) is 23.2 Å². The first-order valence-corrected chi connectivity index (χ1v) is 10.1. The van der Waals surface area contributed by atoms with Gasteiger partial charge in [-0.1, -0.05) is 38.5 Å². The average molecular weight is 330 g/mol. The Hall–Kier alpha value is -1.29. The number of fused-ring (bicyclic) bond motifs is 1. The molecule has 2 aromatic heterocycles. The number of hydrogen-bond acceptors (Lipinski definition) is 2. The molecule has 0 aliphatic heterocycles. The summed E-state index contributed by atoms with van der Waals surface area (Å²) in [6.45, 7) is 0. The second-order valence-electron chi connectivity index (χ2n) is 7.17. The normalized spacial score (nSPS) is 20.9. The van der Waals surface area contributed by atoms with Gasteiger partial charge >= 0.3 is 0 Å². The van der Waals surface area contributed by atoms with Gasteiger partial charge in [0.25, 0.3) is 5.91 Å². The van der Waals surface area contributed by atoms with Crippen LogP contribution in [0.2, 0.25) is 0 Å². The lowest BCUT2D eigenvalue weighted by atomic mass is 10.1. The van der Waals surface area contributed by atoms with Crippen molar-refractivity contribution < 1.29 is 4.79 Å². The van der Waals surface area contributed by atoms with Crippen LogP contribution in [0.4, 0.5) is 0 Å². The highest BCUT2D eigenvalue weighted by Gasteiger charge is 2.26. The van der Waals surface area contributed by atoms with Crippen LogP contribution in [0.25, 0.3) is 10.2 Å². The molecule has 2 aliphatic carbocycles. The Balaban J connectivity index is 1.60. The zero-order valence-corrected chi connectivity index (χ0v) is 14.5. The van der Waals surface area contributed by atoms with Crippen LogP contribution in [0, 0.1) is 0 Å². The minimum Gasteiger partial charge on any atom is -0.348 e. The molecular weight excluding hydrogens is 304 g/mol. The quantitative estimate of drug-likeness (QED) is 0.764. The molecule has 0 unspecified atom stereocenters. The average Bonchev–Trinajstić information content (AvgIpc) is 3.22. The van der Waals surface area contributed by atoms with Crippen LogP contribution in [0.1, 0.15) is 80.7 Å². The number of hydrogen-bond donors (Lipinski definition) is 1. The molecule has 124 valence electrons. The largest absolute Gasteiger partial charge is 0.348 e. The molecule has 23 heavy (non-hydrogen) atoms. The molecule has 0 aromatic carbocycles. The minimum atomic E-state index is 0.146. The van der Waals surface area contributed by atoms with E-state index in [2.05, 4.69) is 27.4 Å². The van der Waals surface area contributed by atoms with Gasteiger partial charge in [-0.05, 0) is 43.2 Å². The smallest absolute Gasteiger partial charge is 0.268 e. The van der Waals surface area contributed by atoms with Crippen molar-refractivity contribution in [1.82, 2.24) is 9.88 Å². The van der Waals surface area contributed by atoms with Gasteiger partial charge in [-0.25, -0.2) is 0 Å². The maximum atomic E-state index is 12.9. The van der Waals surface area contributed by atoms with Crippen molar-refractivity contribution in [1.29, 1.82) is 0 Å². The van der Waals surface area contributed by atoms with Crippen LogP contribution in [0.15, 0.2) is 17.5 Å². The zero-order chi connectivity index (χ0) is 15.6. The third-order valence-corrected chi connectivity index (χ3v) is 6.43. The number of carbonyl (C=O) groups excluding carboxylic acids is 1. The molecule has 0 saturated heterocycles. The van der Waals surface area contributed by atoms with Crippen LogP contribution in [-0.4, -0.2) is 16.5 Å². The van der Waals surface area contributed by atoms with E-state index in [1.54, 1.807) is 11.3 Å². The molecule has 0 spiro atoms. The molecule has 0 atom stereocenters. The lowest BCUT2D eigenvalue weighted by Crippen LogP contribution is -2.35. The van der Waals surface area contributed by atoms with Crippen molar-refractivity contribution in [3.8, 4) is 0 Å². The van der Waals surface area contributed by atoms with E-state index < -0.39 is 0 Å². The van der Waals surface area contributed by atoms with E-state index >= 15 is 0 Å². The highest BCUT2D eigenvalue weighted by atomic mass is 32.1. The summed E-state index contributed by atoms with van der Waals surface area (Å²) >= 11 is 1.75. The molecule has 2 heterocycles. The Kier molecular flexibility index (Phi) is 4.43. The van der Waals surface area contributed by atoms with Gasteiger partial charge in [-0.2, -0.15) is 0 Å².